The molecule has 0 aromatic heterocycles. The fraction of sp³-hybridized carbons (Fsp3) is 1.00. The van der Waals surface area contributed by atoms with Crippen LogP contribution in [0.15, 0.2) is 0 Å². The molecule has 0 spiro atoms. The van der Waals surface area contributed by atoms with Gasteiger partial charge in [0.05, 0.1) is 0 Å². The van der Waals surface area contributed by atoms with Gasteiger partial charge in [-0.15, -0.1) is 9.79 Å². The van der Waals surface area contributed by atoms with Crippen LogP contribution in [0.3, 0.4) is 0 Å². The highest BCUT2D eigenvalue weighted by molar-refractivity contribution is 7.30. The van der Waals surface area contributed by atoms with Crippen molar-refractivity contribution in [3.63, 3.8) is 0 Å². The Bertz CT molecular complexity index is 122. The first kappa shape index (κ1) is 17.4. The molecule has 0 rings (SSSR count). The minimum Gasteiger partial charge on any atom is -0.330 e. The van der Waals surface area contributed by atoms with Gasteiger partial charge in [0, 0.05) is 4.57 Å². The van der Waals surface area contributed by atoms with Crippen LogP contribution in [0, 0.1) is 0 Å². The quantitative estimate of drug-likeness (QED) is 0.448. The zero-order valence-corrected chi connectivity index (χ0v) is 10.6. The van der Waals surface area contributed by atoms with E-state index < -0.39 is 8.25 Å². The van der Waals surface area contributed by atoms with Gasteiger partial charge in [0.1, 0.15) is 0 Å². The molecule has 0 bridgehead atoms. The molecule has 0 saturated carbocycles. The maximum Gasteiger partial charge on any atom is 0.692 e. The summed E-state index contributed by atoms with van der Waals surface area (Å²) in [5, 5.41) is 0. The highest BCUT2D eigenvalue weighted by Crippen LogP contribution is 2.07. The number of hydrogen-bond acceptors (Lipinski definition) is 2. The lowest BCUT2D eigenvalue weighted by atomic mass is 10.1. The van der Waals surface area contributed by atoms with E-state index in [0.717, 1.165) is 6.54 Å². The van der Waals surface area contributed by atoms with Crippen molar-refractivity contribution in [3.05, 3.63) is 0 Å². The second-order valence-electron chi connectivity index (χ2n) is 3.52. The van der Waals surface area contributed by atoms with E-state index >= 15 is 0 Å². The predicted octanol–water partition coefficient (Wildman–Crippen LogP) is 2.71. The summed E-state index contributed by atoms with van der Waals surface area (Å²) in [5.41, 5.74) is 5.39. The third-order valence-corrected chi connectivity index (χ3v) is 2.06. The highest BCUT2D eigenvalue weighted by Gasteiger charge is 1.93. The Morgan fingerprint density at radius 1 is 0.933 bits per heavy atom. The fourth-order valence-corrected chi connectivity index (χ4v) is 1.28. The third kappa shape index (κ3) is 31.5. The first-order valence-electron chi connectivity index (χ1n) is 5.70. The van der Waals surface area contributed by atoms with Gasteiger partial charge in [0.2, 0.25) is 0 Å². The molecule has 4 nitrogen and oxygen atoms in total. The molecule has 0 fully saturated rings. The largest absolute Gasteiger partial charge is 0.692 e. The van der Waals surface area contributed by atoms with E-state index in [1.54, 1.807) is 0 Å². The van der Waals surface area contributed by atoms with Crippen LogP contribution < -0.4 is 5.73 Å². The average Bonchev–Trinajstić information content (AvgIpc) is 2.16. The molecule has 92 valence electrons. The van der Waals surface area contributed by atoms with Gasteiger partial charge in [-0.2, -0.15) is 0 Å². The smallest absolute Gasteiger partial charge is 0.330 e. The summed E-state index contributed by atoms with van der Waals surface area (Å²) in [6, 6.07) is 0. The molecule has 0 unspecified atom stereocenters. The standard InChI is InChI=1S/C10H23N.HO3P/c1-2-3-4-5-6-7-8-9-10-11;1-4(2)3/h2-11H2,1H3;(H-,1,2,3)/p+1. The van der Waals surface area contributed by atoms with E-state index in [1.807, 2.05) is 0 Å². The SMILES string of the molecule is CCCCCCCCCCN.O=[P+](O)O. The third-order valence-electron chi connectivity index (χ3n) is 2.06. The molecule has 0 aliphatic carbocycles. The summed E-state index contributed by atoms with van der Waals surface area (Å²) in [6.07, 6.45) is 11.0. The second kappa shape index (κ2) is 16.4. The van der Waals surface area contributed by atoms with E-state index in [0.29, 0.717) is 0 Å². The normalized spacial score (nSPS) is 9.33. The molecule has 4 N–H and O–H groups in total. The van der Waals surface area contributed by atoms with Crippen LogP contribution in [-0.2, 0) is 4.57 Å². The van der Waals surface area contributed by atoms with Crippen molar-refractivity contribution in [2.45, 2.75) is 58.3 Å². The maximum absolute atomic E-state index is 8.70. The Kier molecular flexibility index (Phi) is 19.0. The molecule has 0 atom stereocenters. The first-order valence-corrected chi connectivity index (χ1v) is 6.86. The maximum atomic E-state index is 8.70. The molecule has 0 aliphatic heterocycles. The molecule has 0 saturated heterocycles. The molecule has 5 heteroatoms. The summed E-state index contributed by atoms with van der Waals surface area (Å²) in [7, 11) is -2.87. The first-order chi connectivity index (χ1) is 7.15. The molecule has 0 radical (unpaired) electrons. The zero-order valence-electron chi connectivity index (χ0n) is 9.69. The minimum absolute atomic E-state index is 0.870. The monoisotopic (exact) mass is 238 g/mol. The highest BCUT2D eigenvalue weighted by atomic mass is 31.1. The van der Waals surface area contributed by atoms with E-state index in [1.165, 1.54) is 51.4 Å². The fourth-order valence-electron chi connectivity index (χ4n) is 1.28. The van der Waals surface area contributed by atoms with Crippen LogP contribution in [0.5, 0.6) is 0 Å². The molecule has 0 aliphatic rings. The van der Waals surface area contributed by atoms with Gasteiger partial charge in [-0.25, -0.2) is 0 Å². The van der Waals surface area contributed by atoms with Gasteiger partial charge in [0.15, 0.2) is 0 Å². The summed E-state index contributed by atoms with van der Waals surface area (Å²) < 4.78 is 8.70. The number of nitrogens with two attached hydrogens (primary N) is 1. The molecular weight excluding hydrogens is 213 g/mol. The predicted molar refractivity (Wildman–Crippen MR) is 63.7 cm³/mol. The molecule has 0 aromatic rings. The van der Waals surface area contributed by atoms with Crippen LogP contribution in [0.2, 0.25) is 0 Å². The van der Waals surface area contributed by atoms with Gasteiger partial charge >= 0.3 is 8.25 Å². The Hall–Kier alpha value is -0.0200. The summed E-state index contributed by atoms with van der Waals surface area (Å²) in [4.78, 5) is 14.2. The van der Waals surface area contributed by atoms with Gasteiger partial charge in [0.25, 0.3) is 0 Å². The lowest BCUT2D eigenvalue weighted by molar-refractivity contribution is 0.405. The average molecular weight is 238 g/mol. The number of hydrogen-bond donors (Lipinski definition) is 3. The number of rotatable bonds is 8. The van der Waals surface area contributed by atoms with E-state index in [-0.39, 0.29) is 0 Å². The Morgan fingerprint density at radius 2 is 1.27 bits per heavy atom. The van der Waals surface area contributed by atoms with Crippen molar-refractivity contribution < 1.29 is 14.4 Å². The van der Waals surface area contributed by atoms with E-state index in [9.17, 15) is 0 Å². The Morgan fingerprint density at radius 3 is 1.60 bits per heavy atom. The number of unbranched alkanes of at least 4 members (excludes halogenated alkanes) is 7. The Balaban J connectivity index is 0. The van der Waals surface area contributed by atoms with Crippen LogP contribution in [0.4, 0.5) is 0 Å². The van der Waals surface area contributed by atoms with Crippen molar-refractivity contribution in [3.8, 4) is 0 Å². The van der Waals surface area contributed by atoms with Crippen molar-refractivity contribution in [2.75, 3.05) is 6.54 Å². The second-order valence-corrected chi connectivity index (χ2v) is 4.02. The van der Waals surface area contributed by atoms with Crippen molar-refractivity contribution in [1.82, 2.24) is 0 Å². The molecule has 0 amide bonds. The summed E-state index contributed by atoms with van der Waals surface area (Å²) in [6.45, 7) is 3.13. The van der Waals surface area contributed by atoms with Gasteiger partial charge in [-0.05, 0) is 13.0 Å². The van der Waals surface area contributed by atoms with Crippen molar-refractivity contribution >= 4 is 8.25 Å². The molecule has 0 heterocycles. The lowest BCUT2D eigenvalue weighted by Crippen LogP contribution is -1.97. The minimum atomic E-state index is -2.87. The van der Waals surface area contributed by atoms with Crippen LogP contribution in [0.1, 0.15) is 58.3 Å². The van der Waals surface area contributed by atoms with Crippen LogP contribution >= 0.6 is 8.25 Å². The topological polar surface area (TPSA) is 83.6 Å². The molecular formula is C10H25NO3P+. The molecule has 0 aromatic carbocycles. The zero-order chi connectivity index (χ0) is 11.9. The Labute approximate surface area is 93.8 Å². The van der Waals surface area contributed by atoms with Crippen LogP contribution in [0.25, 0.3) is 0 Å². The van der Waals surface area contributed by atoms with Gasteiger partial charge < -0.3 is 5.73 Å². The van der Waals surface area contributed by atoms with E-state index in [2.05, 4.69) is 6.92 Å². The van der Waals surface area contributed by atoms with Crippen molar-refractivity contribution in [1.29, 1.82) is 0 Å². The van der Waals surface area contributed by atoms with Gasteiger partial charge in [-0.3, -0.25) is 0 Å². The van der Waals surface area contributed by atoms with Crippen molar-refractivity contribution in [2.24, 2.45) is 5.73 Å². The van der Waals surface area contributed by atoms with Crippen LogP contribution in [-0.4, -0.2) is 16.3 Å². The summed E-state index contributed by atoms with van der Waals surface area (Å²) in [5.74, 6) is 0. The lowest BCUT2D eigenvalue weighted by Gasteiger charge is -1.99. The summed E-state index contributed by atoms with van der Waals surface area (Å²) >= 11 is 0. The van der Waals surface area contributed by atoms with E-state index in [4.69, 9.17) is 20.1 Å². The van der Waals surface area contributed by atoms with Gasteiger partial charge in [-0.1, -0.05) is 51.9 Å². The molecule has 15 heavy (non-hydrogen) atoms.